The van der Waals surface area contributed by atoms with E-state index in [0.29, 0.717) is 27.8 Å². The summed E-state index contributed by atoms with van der Waals surface area (Å²) in [5, 5.41) is 4.36. The van der Waals surface area contributed by atoms with Crippen molar-refractivity contribution in [3.05, 3.63) is 82.9 Å². The van der Waals surface area contributed by atoms with Gasteiger partial charge in [-0.15, -0.1) is 0 Å². The summed E-state index contributed by atoms with van der Waals surface area (Å²) in [5.74, 6) is 0.336. The molecule has 0 unspecified atom stereocenters. The van der Waals surface area contributed by atoms with E-state index in [0.717, 1.165) is 9.87 Å². The zero-order valence-corrected chi connectivity index (χ0v) is 20.4. The molecule has 0 heterocycles. The number of anilines is 1. The zero-order valence-electron chi connectivity index (χ0n) is 18.9. The Kier molecular flexibility index (Phi) is 8.14. The molecule has 178 valence electrons. The predicted molar refractivity (Wildman–Crippen MR) is 132 cm³/mol. The molecule has 1 N–H and O–H groups in total. The number of carbonyl (C=O) groups excluding carboxylic acids is 1. The highest BCUT2D eigenvalue weighted by atomic mass is 35.5. The number of halogens is 1. The molecular formula is C24H24ClN3O5S. The molecule has 3 rings (SSSR count). The molecule has 0 spiro atoms. The molecule has 3 aromatic rings. The Bertz CT molecular complexity index is 1280. The lowest BCUT2D eigenvalue weighted by Gasteiger charge is -2.23. The number of methoxy groups -OCH3 is 2. The number of carbonyl (C=O) groups is 1. The molecule has 0 saturated heterocycles. The van der Waals surface area contributed by atoms with Gasteiger partial charge in [-0.05, 0) is 55.5 Å². The SMILES string of the molecule is COc1cccc(/C=N\NC(=O)CN(c2ccc(C)cc2)S(=O)(=O)c2ccc(Cl)cc2)c1OC. The van der Waals surface area contributed by atoms with Gasteiger partial charge in [0.2, 0.25) is 0 Å². The van der Waals surface area contributed by atoms with Crippen molar-refractivity contribution in [2.24, 2.45) is 5.10 Å². The molecule has 10 heteroatoms. The third kappa shape index (κ3) is 5.86. The Morgan fingerprint density at radius 2 is 1.71 bits per heavy atom. The number of benzene rings is 3. The van der Waals surface area contributed by atoms with Crippen molar-refractivity contribution in [3.63, 3.8) is 0 Å². The van der Waals surface area contributed by atoms with Crippen molar-refractivity contribution < 1.29 is 22.7 Å². The highest BCUT2D eigenvalue weighted by Gasteiger charge is 2.27. The van der Waals surface area contributed by atoms with E-state index in [1.807, 2.05) is 6.92 Å². The number of para-hydroxylation sites is 1. The van der Waals surface area contributed by atoms with Crippen LogP contribution in [0.4, 0.5) is 5.69 Å². The Morgan fingerprint density at radius 1 is 1.03 bits per heavy atom. The van der Waals surface area contributed by atoms with Crippen LogP contribution in [-0.4, -0.2) is 41.3 Å². The molecule has 0 aliphatic heterocycles. The summed E-state index contributed by atoms with van der Waals surface area (Å²) in [4.78, 5) is 12.7. The molecule has 34 heavy (non-hydrogen) atoms. The minimum atomic E-state index is -4.05. The van der Waals surface area contributed by atoms with E-state index in [9.17, 15) is 13.2 Å². The van der Waals surface area contributed by atoms with E-state index in [1.165, 1.54) is 44.7 Å². The number of ether oxygens (including phenoxy) is 2. The Balaban J connectivity index is 1.84. The number of hydrogen-bond acceptors (Lipinski definition) is 6. The first kappa shape index (κ1) is 25.1. The Morgan fingerprint density at radius 3 is 2.32 bits per heavy atom. The van der Waals surface area contributed by atoms with Gasteiger partial charge in [0.15, 0.2) is 11.5 Å². The Hall–Kier alpha value is -3.56. The maximum Gasteiger partial charge on any atom is 0.264 e. The van der Waals surface area contributed by atoms with Crippen LogP contribution in [0.1, 0.15) is 11.1 Å². The van der Waals surface area contributed by atoms with Gasteiger partial charge in [-0.1, -0.05) is 35.4 Å². The molecule has 0 bridgehead atoms. The van der Waals surface area contributed by atoms with Crippen LogP contribution in [0.5, 0.6) is 11.5 Å². The van der Waals surface area contributed by atoms with Gasteiger partial charge in [0.05, 0.1) is 31.0 Å². The lowest BCUT2D eigenvalue weighted by atomic mass is 10.2. The molecular weight excluding hydrogens is 478 g/mol. The van der Waals surface area contributed by atoms with Crippen molar-refractivity contribution >= 4 is 39.4 Å². The number of rotatable bonds is 9. The summed E-state index contributed by atoms with van der Waals surface area (Å²) in [6.07, 6.45) is 1.39. The first-order valence-electron chi connectivity index (χ1n) is 10.1. The van der Waals surface area contributed by atoms with Gasteiger partial charge in [0.1, 0.15) is 6.54 Å². The molecule has 1 amide bonds. The average molecular weight is 502 g/mol. The smallest absolute Gasteiger partial charge is 0.264 e. The zero-order chi connectivity index (χ0) is 24.7. The third-order valence-corrected chi connectivity index (χ3v) is 6.88. The van der Waals surface area contributed by atoms with Crippen molar-refractivity contribution in [2.45, 2.75) is 11.8 Å². The number of nitrogens with one attached hydrogen (secondary N) is 1. The number of nitrogens with zero attached hydrogens (tertiary/aromatic N) is 2. The maximum atomic E-state index is 13.3. The fourth-order valence-electron chi connectivity index (χ4n) is 3.11. The molecule has 0 aliphatic rings. The first-order chi connectivity index (χ1) is 16.3. The van der Waals surface area contributed by atoms with Gasteiger partial charge in [-0.2, -0.15) is 5.10 Å². The monoisotopic (exact) mass is 501 g/mol. The molecule has 0 aliphatic carbocycles. The molecule has 3 aromatic carbocycles. The standard InChI is InChI=1S/C24H24ClN3O5S/c1-17-7-11-20(12-8-17)28(34(30,31)21-13-9-19(25)10-14-21)16-23(29)27-26-15-18-5-4-6-22(32-2)24(18)33-3/h4-15H,16H2,1-3H3,(H,27,29)/b26-15-. The van der Waals surface area contributed by atoms with Crippen molar-refractivity contribution in [1.82, 2.24) is 5.43 Å². The molecule has 8 nitrogen and oxygen atoms in total. The minimum absolute atomic E-state index is 0.00916. The number of amides is 1. The average Bonchev–Trinajstić information content (AvgIpc) is 2.83. The molecule has 0 atom stereocenters. The summed E-state index contributed by atoms with van der Waals surface area (Å²) in [6, 6.07) is 17.8. The highest BCUT2D eigenvalue weighted by Crippen LogP contribution is 2.29. The molecule has 0 fully saturated rings. The Labute approximate surface area is 203 Å². The fourth-order valence-corrected chi connectivity index (χ4v) is 4.66. The number of sulfonamides is 1. The van der Waals surface area contributed by atoms with Gasteiger partial charge in [0.25, 0.3) is 15.9 Å². The fraction of sp³-hybridized carbons (Fsp3) is 0.167. The normalized spacial score (nSPS) is 11.3. The summed E-state index contributed by atoms with van der Waals surface area (Å²) in [5.41, 5.74) is 4.24. The van der Waals surface area contributed by atoms with Gasteiger partial charge in [-0.3, -0.25) is 9.10 Å². The summed E-state index contributed by atoms with van der Waals surface area (Å²) < 4.78 is 38.3. The van der Waals surface area contributed by atoms with Gasteiger partial charge < -0.3 is 9.47 Å². The largest absolute Gasteiger partial charge is 0.493 e. The summed E-state index contributed by atoms with van der Waals surface area (Å²) >= 11 is 5.90. The van der Waals surface area contributed by atoms with E-state index in [-0.39, 0.29) is 4.90 Å². The topological polar surface area (TPSA) is 97.3 Å². The lowest BCUT2D eigenvalue weighted by molar-refractivity contribution is -0.119. The predicted octanol–water partition coefficient (Wildman–Crippen LogP) is 4.01. The second kappa shape index (κ2) is 11.0. The highest BCUT2D eigenvalue weighted by molar-refractivity contribution is 7.92. The molecule has 0 saturated carbocycles. The quantitative estimate of drug-likeness (QED) is 0.353. The molecule has 0 aromatic heterocycles. The number of hydrogen-bond donors (Lipinski definition) is 1. The molecule has 0 radical (unpaired) electrons. The second-order valence-corrected chi connectivity index (χ2v) is 9.48. The van der Waals surface area contributed by atoms with Crippen LogP contribution in [0.15, 0.2) is 76.7 Å². The summed E-state index contributed by atoms with van der Waals surface area (Å²) in [7, 11) is -1.04. The van der Waals surface area contributed by atoms with Crippen molar-refractivity contribution in [1.29, 1.82) is 0 Å². The van der Waals surface area contributed by atoms with E-state index in [2.05, 4.69) is 10.5 Å². The van der Waals surface area contributed by atoms with Crippen LogP contribution in [-0.2, 0) is 14.8 Å². The van der Waals surface area contributed by atoms with E-state index in [1.54, 1.807) is 42.5 Å². The number of hydrazone groups is 1. The van der Waals surface area contributed by atoms with E-state index >= 15 is 0 Å². The van der Waals surface area contributed by atoms with Crippen molar-refractivity contribution in [3.8, 4) is 11.5 Å². The summed E-state index contributed by atoms with van der Waals surface area (Å²) in [6.45, 7) is 1.40. The number of aryl methyl sites for hydroxylation is 1. The van der Waals surface area contributed by atoms with Gasteiger partial charge in [0, 0.05) is 10.6 Å². The second-order valence-electron chi connectivity index (χ2n) is 7.18. The van der Waals surface area contributed by atoms with Crippen LogP contribution in [0.2, 0.25) is 5.02 Å². The minimum Gasteiger partial charge on any atom is -0.493 e. The van der Waals surface area contributed by atoms with Crippen LogP contribution in [0.3, 0.4) is 0 Å². The lowest BCUT2D eigenvalue weighted by Crippen LogP contribution is -2.39. The van der Waals surface area contributed by atoms with Crippen LogP contribution in [0.25, 0.3) is 0 Å². The van der Waals surface area contributed by atoms with Crippen LogP contribution >= 0.6 is 11.6 Å². The van der Waals surface area contributed by atoms with Gasteiger partial charge >= 0.3 is 0 Å². The maximum absolute atomic E-state index is 13.3. The van der Waals surface area contributed by atoms with Crippen LogP contribution < -0.4 is 19.2 Å². The van der Waals surface area contributed by atoms with E-state index < -0.39 is 22.5 Å². The van der Waals surface area contributed by atoms with Gasteiger partial charge in [-0.25, -0.2) is 13.8 Å². The van der Waals surface area contributed by atoms with Crippen LogP contribution in [0, 0.1) is 6.92 Å². The van der Waals surface area contributed by atoms with Crippen molar-refractivity contribution in [2.75, 3.05) is 25.1 Å². The van der Waals surface area contributed by atoms with E-state index in [4.69, 9.17) is 21.1 Å². The first-order valence-corrected chi connectivity index (χ1v) is 12.0. The third-order valence-electron chi connectivity index (χ3n) is 4.84.